The maximum atomic E-state index is 11.0. The molecular formula is C5H2IN4O. The van der Waals surface area contributed by atoms with Crippen LogP contribution in [0.1, 0.15) is 10.5 Å². The van der Waals surface area contributed by atoms with E-state index in [0.717, 1.165) is 0 Å². The smallest absolute Gasteiger partial charge is 0.298 e. The maximum absolute atomic E-state index is 11.0. The molecule has 0 atom stereocenters. The van der Waals surface area contributed by atoms with Crippen molar-refractivity contribution in [3.63, 3.8) is 0 Å². The van der Waals surface area contributed by atoms with Crippen molar-refractivity contribution >= 4 is 40.7 Å². The molecule has 1 radical (unpaired) electrons. The lowest BCUT2D eigenvalue weighted by Crippen LogP contribution is -2.17. The molecular weight excluding hydrogens is 259 g/mol. The Hall–Kier alpha value is -0.920. The van der Waals surface area contributed by atoms with Crippen LogP contribution in [0.4, 0.5) is 5.82 Å². The van der Waals surface area contributed by atoms with Crippen molar-refractivity contribution in [3.05, 3.63) is 9.53 Å². The van der Waals surface area contributed by atoms with Crippen LogP contribution in [0.5, 0.6) is 0 Å². The lowest BCUT2D eigenvalue weighted by molar-refractivity contribution is 0.0969. The summed E-state index contributed by atoms with van der Waals surface area (Å²) in [6.07, 6.45) is 1.21. The van der Waals surface area contributed by atoms with Gasteiger partial charge in [-0.3, -0.25) is 4.79 Å². The van der Waals surface area contributed by atoms with Gasteiger partial charge in [0.1, 0.15) is 6.34 Å². The Kier molecular flexibility index (Phi) is 1.41. The van der Waals surface area contributed by atoms with Gasteiger partial charge < -0.3 is 4.98 Å². The number of amides is 1. The Morgan fingerprint density at radius 3 is 3.09 bits per heavy atom. The summed E-state index contributed by atoms with van der Waals surface area (Å²) in [5.74, 6) is 0.111. The Bertz CT molecular complexity index is 342. The van der Waals surface area contributed by atoms with Crippen LogP contribution in [-0.4, -0.2) is 22.2 Å². The zero-order valence-corrected chi connectivity index (χ0v) is 7.36. The third-order valence-electron chi connectivity index (χ3n) is 1.22. The number of nitrogens with zero attached hydrogens (tertiary/aromatic N) is 3. The average Bonchev–Trinajstić information content (AvgIpc) is 2.31. The van der Waals surface area contributed by atoms with Gasteiger partial charge in [0.05, 0.1) is 0 Å². The molecule has 2 heterocycles. The number of carbonyl (C=O) groups excluding carboxylic acids is 1. The summed E-state index contributed by atoms with van der Waals surface area (Å²) in [6.45, 7) is 0. The highest BCUT2D eigenvalue weighted by molar-refractivity contribution is 14.1. The van der Waals surface area contributed by atoms with Gasteiger partial charge in [-0.2, -0.15) is 5.32 Å². The van der Waals surface area contributed by atoms with E-state index in [1.54, 1.807) is 0 Å². The van der Waals surface area contributed by atoms with Crippen LogP contribution in [-0.2, 0) is 0 Å². The minimum Gasteiger partial charge on any atom is -0.327 e. The molecule has 1 N–H and O–H groups in total. The van der Waals surface area contributed by atoms with E-state index >= 15 is 0 Å². The Morgan fingerprint density at radius 2 is 2.36 bits per heavy atom. The van der Waals surface area contributed by atoms with Gasteiger partial charge in [-0.05, 0) is 22.6 Å². The van der Waals surface area contributed by atoms with Crippen molar-refractivity contribution in [1.29, 1.82) is 0 Å². The summed E-state index contributed by atoms with van der Waals surface area (Å²) in [5.41, 5.74) is 0.372. The van der Waals surface area contributed by atoms with E-state index in [0.29, 0.717) is 15.3 Å². The molecule has 0 spiro atoms. The zero-order valence-electron chi connectivity index (χ0n) is 5.21. The fourth-order valence-corrected chi connectivity index (χ4v) is 1.28. The molecule has 0 saturated carbocycles. The second-order valence-corrected chi connectivity index (χ2v) is 2.93. The Labute approximate surface area is 75.5 Å². The van der Waals surface area contributed by atoms with Crippen molar-refractivity contribution < 1.29 is 4.79 Å². The Balaban J connectivity index is 2.62. The van der Waals surface area contributed by atoms with Crippen LogP contribution in [0, 0.1) is 3.83 Å². The van der Waals surface area contributed by atoms with Gasteiger partial charge in [0.25, 0.3) is 5.91 Å². The second-order valence-electron chi connectivity index (χ2n) is 1.91. The second kappa shape index (κ2) is 2.29. The summed E-state index contributed by atoms with van der Waals surface area (Å²) < 4.78 is 0.648. The molecule has 0 aromatic carbocycles. The average molecular weight is 261 g/mol. The van der Waals surface area contributed by atoms with Crippen LogP contribution in [0.2, 0.25) is 0 Å². The minimum absolute atomic E-state index is 0.314. The third-order valence-corrected chi connectivity index (χ3v) is 1.74. The molecule has 0 bridgehead atoms. The van der Waals surface area contributed by atoms with E-state index in [2.05, 4.69) is 20.3 Å². The molecule has 0 aliphatic carbocycles. The van der Waals surface area contributed by atoms with Crippen LogP contribution < -0.4 is 5.32 Å². The first-order chi connectivity index (χ1) is 5.27. The maximum Gasteiger partial charge on any atom is 0.298 e. The highest BCUT2D eigenvalue weighted by Gasteiger charge is 2.19. The summed E-state index contributed by atoms with van der Waals surface area (Å²) in [6, 6.07) is 0. The van der Waals surface area contributed by atoms with Crippen molar-refractivity contribution in [3.8, 4) is 0 Å². The molecule has 1 amide bonds. The SMILES string of the molecule is O=C1[N]C=Nc2nc(I)[nH]c21. The lowest BCUT2D eigenvalue weighted by Gasteiger charge is -1.98. The molecule has 1 aromatic rings. The fourth-order valence-electron chi connectivity index (χ4n) is 0.779. The number of rotatable bonds is 0. The molecule has 11 heavy (non-hydrogen) atoms. The standard InChI is InChI=1S/C5H2IN4O/c6-5-9-2-3(10-5)7-1-8-4(2)11/h1H,(H,9,10). The largest absolute Gasteiger partial charge is 0.327 e. The van der Waals surface area contributed by atoms with E-state index in [1.165, 1.54) is 6.34 Å². The molecule has 1 aliphatic heterocycles. The molecule has 0 saturated heterocycles. The lowest BCUT2D eigenvalue weighted by atomic mass is 10.4. The summed E-state index contributed by atoms with van der Waals surface area (Å²) in [5, 5.41) is 3.48. The number of aromatic nitrogens is 2. The van der Waals surface area contributed by atoms with Crippen molar-refractivity contribution in [2.75, 3.05) is 0 Å². The van der Waals surface area contributed by atoms with Gasteiger partial charge in [0.2, 0.25) is 0 Å². The van der Waals surface area contributed by atoms with Gasteiger partial charge in [0, 0.05) is 0 Å². The third kappa shape index (κ3) is 1.02. The Morgan fingerprint density at radius 1 is 1.55 bits per heavy atom. The number of aromatic amines is 1. The fraction of sp³-hybridized carbons (Fsp3) is 0. The zero-order chi connectivity index (χ0) is 7.84. The molecule has 5 nitrogen and oxygen atoms in total. The number of nitrogens with one attached hydrogen (secondary N) is 1. The van der Waals surface area contributed by atoms with Gasteiger partial charge in [-0.1, -0.05) is 0 Å². The van der Waals surface area contributed by atoms with Crippen molar-refractivity contribution in [1.82, 2.24) is 15.3 Å². The van der Waals surface area contributed by atoms with Gasteiger partial charge in [-0.15, -0.1) is 0 Å². The van der Waals surface area contributed by atoms with Crippen LogP contribution in [0.25, 0.3) is 0 Å². The highest BCUT2D eigenvalue weighted by atomic mass is 127. The number of carbonyl (C=O) groups is 1. The number of hydrogen-bond acceptors (Lipinski definition) is 3. The number of halogens is 1. The first-order valence-corrected chi connectivity index (χ1v) is 3.88. The summed E-state index contributed by atoms with van der Waals surface area (Å²) >= 11 is 1.98. The van der Waals surface area contributed by atoms with E-state index in [1.807, 2.05) is 22.6 Å². The molecule has 0 unspecified atom stereocenters. The van der Waals surface area contributed by atoms with E-state index < -0.39 is 0 Å². The molecule has 0 fully saturated rings. The first kappa shape index (κ1) is 6.77. The van der Waals surface area contributed by atoms with E-state index in [-0.39, 0.29) is 5.91 Å². The topological polar surface area (TPSA) is 72.2 Å². The van der Waals surface area contributed by atoms with Crippen LogP contribution in [0.3, 0.4) is 0 Å². The van der Waals surface area contributed by atoms with E-state index in [4.69, 9.17) is 0 Å². The number of imidazole rings is 1. The summed E-state index contributed by atoms with van der Waals surface area (Å²) in [7, 11) is 0. The van der Waals surface area contributed by atoms with Gasteiger partial charge in [0.15, 0.2) is 15.3 Å². The normalized spacial score (nSPS) is 14.5. The molecule has 2 rings (SSSR count). The number of hydrogen-bond donors (Lipinski definition) is 1. The van der Waals surface area contributed by atoms with E-state index in [9.17, 15) is 4.79 Å². The quantitative estimate of drug-likeness (QED) is 0.688. The molecule has 1 aliphatic rings. The number of aliphatic imine (C=N–C) groups is 1. The van der Waals surface area contributed by atoms with Gasteiger partial charge >= 0.3 is 0 Å². The minimum atomic E-state index is -0.314. The monoisotopic (exact) mass is 261 g/mol. The number of H-pyrrole nitrogens is 1. The molecule has 6 heteroatoms. The summed E-state index contributed by atoms with van der Waals surface area (Å²) in [4.78, 5) is 21.5. The van der Waals surface area contributed by atoms with Gasteiger partial charge in [-0.25, -0.2) is 9.98 Å². The molecule has 1 aromatic heterocycles. The van der Waals surface area contributed by atoms with Crippen molar-refractivity contribution in [2.24, 2.45) is 4.99 Å². The van der Waals surface area contributed by atoms with Crippen LogP contribution in [0.15, 0.2) is 4.99 Å². The predicted octanol–water partition coefficient (Wildman–Crippen LogP) is 0.432. The highest BCUT2D eigenvalue weighted by Crippen LogP contribution is 2.18. The van der Waals surface area contributed by atoms with Crippen molar-refractivity contribution in [2.45, 2.75) is 0 Å². The number of fused-ring (bicyclic) bond motifs is 1. The van der Waals surface area contributed by atoms with Crippen LogP contribution >= 0.6 is 22.6 Å². The first-order valence-electron chi connectivity index (χ1n) is 2.80. The molecule has 55 valence electrons. The predicted molar refractivity (Wildman–Crippen MR) is 45.9 cm³/mol.